The lowest BCUT2D eigenvalue weighted by Crippen LogP contribution is -2.36. The molecule has 180 valence electrons. The summed E-state index contributed by atoms with van der Waals surface area (Å²) in [6.45, 7) is 2.36. The van der Waals surface area contributed by atoms with Gasteiger partial charge in [-0.15, -0.1) is 0 Å². The van der Waals surface area contributed by atoms with Crippen molar-refractivity contribution >= 4 is 39.0 Å². The number of nitriles is 1. The molecule has 1 fully saturated rings. The van der Waals surface area contributed by atoms with E-state index in [1.54, 1.807) is 36.4 Å². The predicted octanol–water partition coefficient (Wildman–Crippen LogP) is 4.21. The molecule has 35 heavy (non-hydrogen) atoms. The van der Waals surface area contributed by atoms with E-state index in [1.165, 1.54) is 18.2 Å². The first kappa shape index (κ1) is 24.5. The zero-order valence-electron chi connectivity index (χ0n) is 18.6. The second kappa shape index (κ2) is 10.8. The van der Waals surface area contributed by atoms with Gasteiger partial charge in [-0.05, 0) is 48.0 Å². The molecule has 0 spiro atoms. The number of morpholine rings is 1. The smallest absolute Gasteiger partial charge is 0.338 e. The van der Waals surface area contributed by atoms with Crippen molar-refractivity contribution in [3.63, 3.8) is 0 Å². The zero-order valence-corrected chi connectivity index (χ0v) is 20.2. The van der Waals surface area contributed by atoms with E-state index in [-0.39, 0.29) is 22.1 Å². The Morgan fingerprint density at radius 1 is 1.09 bits per heavy atom. The molecular weight excluding hydrogens is 490 g/mol. The van der Waals surface area contributed by atoms with Crippen LogP contribution in [0.1, 0.15) is 21.5 Å². The first-order valence-corrected chi connectivity index (χ1v) is 12.6. The molecule has 1 aliphatic rings. The minimum Gasteiger partial charge on any atom is -0.457 e. The van der Waals surface area contributed by atoms with Crippen LogP contribution in [0.2, 0.25) is 5.02 Å². The molecule has 1 N–H and O–H groups in total. The molecule has 8 nitrogen and oxygen atoms in total. The summed E-state index contributed by atoms with van der Waals surface area (Å²) in [6.07, 6.45) is 0. The maximum atomic E-state index is 13.3. The number of nitrogens with zero attached hydrogens (tertiary/aromatic N) is 2. The van der Waals surface area contributed by atoms with E-state index >= 15 is 0 Å². The number of carbonyl (C=O) groups excluding carboxylic acids is 1. The van der Waals surface area contributed by atoms with Gasteiger partial charge in [0.15, 0.2) is 0 Å². The maximum Gasteiger partial charge on any atom is 0.338 e. The highest BCUT2D eigenvalue weighted by Crippen LogP contribution is 2.31. The lowest BCUT2D eigenvalue weighted by molar-refractivity contribution is 0.0472. The van der Waals surface area contributed by atoms with Crippen LogP contribution in [-0.2, 0) is 26.1 Å². The summed E-state index contributed by atoms with van der Waals surface area (Å²) in [5.74, 6) is -0.698. The normalized spacial score (nSPS) is 13.7. The van der Waals surface area contributed by atoms with Crippen LogP contribution in [-0.4, -0.2) is 40.7 Å². The number of benzene rings is 3. The number of carbonyl (C=O) groups is 1. The molecule has 0 unspecified atom stereocenters. The maximum absolute atomic E-state index is 13.3. The van der Waals surface area contributed by atoms with E-state index in [1.807, 2.05) is 23.1 Å². The minimum atomic E-state index is -4.11. The number of halogens is 1. The standard InChI is InChI=1S/C25H22ClN3O5S/c26-21-10-9-20(25(30)34-17-19-7-5-18(16-27)6-8-19)15-24(21)35(31,32)28-22-3-1-2-4-23(22)29-11-13-33-14-12-29/h1-10,15,28H,11-14,17H2. The van der Waals surface area contributed by atoms with Gasteiger partial charge in [0.05, 0.1) is 46.8 Å². The van der Waals surface area contributed by atoms with Gasteiger partial charge in [-0.1, -0.05) is 35.9 Å². The van der Waals surface area contributed by atoms with Crippen molar-refractivity contribution < 1.29 is 22.7 Å². The van der Waals surface area contributed by atoms with Crippen LogP contribution in [0.15, 0.2) is 71.6 Å². The molecule has 0 radical (unpaired) electrons. The Morgan fingerprint density at radius 2 is 1.80 bits per heavy atom. The topological polar surface area (TPSA) is 109 Å². The van der Waals surface area contributed by atoms with Crippen LogP contribution < -0.4 is 9.62 Å². The fourth-order valence-electron chi connectivity index (χ4n) is 3.58. The van der Waals surface area contributed by atoms with Crippen molar-refractivity contribution in [3.05, 3.63) is 88.4 Å². The molecule has 0 aromatic heterocycles. The SMILES string of the molecule is N#Cc1ccc(COC(=O)c2ccc(Cl)c(S(=O)(=O)Nc3ccccc3N3CCOCC3)c2)cc1. The van der Waals surface area contributed by atoms with Gasteiger partial charge < -0.3 is 14.4 Å². The number of hydrogen-bond acceptors (Lipinski definition) is 7. The molecule has 0 amide bonds. The second-order valence-electron chi connectivity index (χ2n) is 7.75. The number of para-hydroxylation sites is 2. The van der Waals surface area contributed by atoms with Crippen molar-refractivity contribution in [1.29, 1.82) is 5.26 Å². The van der Waals surface area contributed by atoms with E-state index in [4.69, 9.17) is 26.3 Å². The number of hydrogen-bond donors (Lipinski definition) is 1. The summed E-state index contributed by atoms with van der Waals surface area (Å²) >= 11 is 6.22. The quantitative estimate of drug-likeness (QED) is 0.473. The van der Waals surface area contributed by atoms with E-state index in [2.05, 4.69) is 4.72 Å². The van der Waals surface area contributed by atoms with Crippen molar-refractivity contribution in [2.45, 2.75) is 11.5 Å². The van der Waals surface area contributed by atoms with Crippen LogP contribution in [0, 0.1) is 11.3 Å². The lowest BCUT2D eigenvalue weighted by atomic mass is 10.1. The average Bonchev–Trinajstić information content (AvgIpc) is 2.88. The molecule has 0 bridgehead atoms. The van der Waals surface area contributed by atoms with Gasteiger partial charge in [0.25, 0.3) is 10.0 Å². The van der Waals surface area contributed by atoms with Gasteiger partial charge in [-0.3, -0.25) is 4.72 Å². The fourth-order valence-corrected chi connectivity index (χ4v) is 5.18. The largest absolute Gasteiger partial charge is 0.457 e. The summed E-state index contributed by atoms with van der Waals surface area (Å²) in [6, 6.07) is 19.7. The monoisotopic (exact) mass is 511 g/mol. The van der Waals surface area contributed by atoms with Gasteiger partial charge >= 0.3 is 5.97 Å². The molecule has 3 aromatic rings. The molecule has 0 saturated carbocycles. The summed E-state index contributed by atoms with van der Waals surface area (Å²) in [7, 11) is -4.11. The van der Waals surface area contributed by atoms with Crippen LogP contribution in [0.5, 0.6) is 0 Å². The van der Waals surface area contributed by atoms with Crippen molar-refractivity contribution in [3.8, 4) is 6.07 Å². The number of esters is 1. The van der Waals surface area contributed by atoms with Crippen LogP contribution in [0.3, 0.4) is 0 Å². The van der Waals surface area contributed by atoms with Crippen LogP contribution in [0.25, 0.3) is 0 Å². The first-order valence-electron chi connectivity index (χ1n) is 10.8. The number of nitrogens with one attached hydrogen (secondary N) is 1. The summed E-state index contributed by atoms with van der Waals surface area (Å²) in [4.78, 5) is 14.4. The van der Waals surface area contributed by atoms with Crippen molar-refractivity contribution in [2.75, 3.05) is 35.9 Å². The van der Waals surface area contributed by atoms with Crippen molar-refractivity contribution in [1.82, 2.24) is 0 Å². The molecule has 0 aliphatic carbocycles. The second-order valence-corrected chi connectivity index (χ2v) is 9.81. The van der Waals surface area contributed by atoms with Crippen LogP contribution >= 0.6 is 11.6 Å². The number of sulfonamides is 1. The lowest BCUT2D eigenvalue weighted by Gasteiger charge is -2.30. The highest BCUT2D eigenvalue weighted by molar-refractivity contribution is 7.92. The van der Waals surface area contributed by atoms with Gasteiger partial charge in [-0.2, -0.15) is 5.26 Å². The Bertz CT molecular complexity index is 1360. The first-order chi connectivity index (χ1) is 16.9. The van der Waals surface area contributed by atoms with Crippen molar-refractivity contribution in [2.24, 2.45) is 0 Å². The van der Waals surface area contributed by atoms with E-state index in [9.17, 15) is 13.2 Å². The van der Waals surface area contributed by atoms with Gasteiger partial charge in [0.2, 0.25) is 0 Å². The summed E-state index contributed by atoms with van der Waals surface area (Å²) in [5, 5.41) is 8.85. The Kier molecular flexibility index (Phi) is 7.56. The Hall–Kier alpha value is -3.58. The molecule has 1 aliphatic heterocycles. The number of rotatable bonds is 7. The Balaban J connectivity index is 1.53. The van der Waals surface area contributed by atoms with Gasteiger partial charge in [-0.25, -0.2) is 13.2 Å². The molecular formula is C25H22ClN3O5S. The number of ether oxygens (including phenoxy) is 2. The van der Waals surface area contributed by atoms with Gasteiger partial charge in [0, 0.05) is 13.1 Å². The third-order valence-electron chi connectivity index (χ3n) is 5.41. The molecule has 1 saturated heterocycles. The van der Waals surface area contributed by atoms with Gasteiger partial charge in [0.1, 0.15) is 11.5 Å². The predicted molar refractivity (Wildman–Crippen MR) is 132 cm³/mol. The molecule has 3 aromatic carbocycles. The third kappa shape index (κ3) is 5.92. The fraction of sp³-hybridized carbons (Fsp3) is 0.200. The number of anilines is 2. The highest BCUT2D eigenvalue weighted by Gasteiger charge is 2.23. The van der Waals surface area contributed by atoms with E-state index < -0.39 is 16.0 Å². The Labute approximate surface area is 208 Å². The average molecular weight is 512 g/mol. The zero-order chi connectivity index (χ0) is 24.8. The third-order valence-corrected chi connectivity index (χ3v) is 7.26. The highest BCUT2D eigenvalue weighted by atomic mass is 35.5. The summed E-state index contributed by atoms with van der Waals surface area (Å²) in [5.41, 5.74) is 2.37. The van der Waals surface area contributed by atoms with E-state index in [0.717, 1.165) is 5.69 Å². The van der Waals surface area contributed by atoms with Crippen LogP contribution in [0.4, 0.5) is 11.4 Å². The molecule has 0 atom stereocenters. The summed E-state index contributed by atoms with van der Waals surface area (Å²) < 4.78 is 39.8. The Morgan fingerprint density at radius 3 is 2.51 bits per heavy atom. The minimum absolute atomic E-state index is 0.0232. The van der Waals surface area contributed by atoms with E-state index in [0.29, 0.717) is 43.1 Å². The molecule has 4 rings (SSSR count). The molecule has 10 heteroatoms. The molecule has 1 heterocycles.